The lowest BCUT2D eigenvalue weighted by molar-refractivity contribution is -0.111. The Kier molecular flexibility index (Phi) is 6.77. The lowest BCUT2D eigenvalue weighted by Crippen LogP contribution is -2.26. The first-order valence-corrected chi connectivity index (χ1v) is 9.49. The Labute approximate surface area is 171 Å². The summed E-state index contributed by atoms with van der Waals surface area (Å²) in [7, 11) is 1.55. The second kappa shape index (κ2) is 8.69. The van der Waals surface area contributed by atoms with Crippen molar-refractivity contribution in [2.45, 2.75) is 53.2 Å². The third kappa shape index (κ3) is 5.52. The number of methoxy groups -OCH3 is 1. The number of aryl methyl sites for hydroxylation is 1. The fraction of sp³-hybridized carbons (Fsp3) is 0.429. The number of anilines is 1. The molecule has 152 valence electrons. The number of nitrogens with zero attached hydrogens (tertiary/aromatic N) is 2. The maximum atomic E-state index is 12.4. The zero-order valence-electron chi connectivity index (χ0n) is 17.5. The van der Waals surface area contributed by atoms with Crippen LogP contribution in [0.25, 0.3) is 6.08 Å². The van der Waals surface area contributed by atoms with Crippen LogP contribution in [-0.4, -0.2) is 28.9 Å². The minimum absolute atomic E-state index is 0.0327. The van der Waals surface area contributed by atoms with E-state index in [9.17, 15) is 4.79 Å². The Morgan fingerprint density at radius 3 is 2.54 bits per heavy atom. The number of carbonyl (C=O) groups excluding carboxylic acids is 1. The standard InChI is InChI=1S/C21H28ClN3O3/c1-13(2)28-20-16(22)11-15(12-17(20)27-7)8-9-19(26)23-18-10-14(3)24-25(18)21(4,5)6/h8-13H,1-7H3,(H,23,26)/b9-8+. The van der Waals surface area contributed by atoms with Crippen LogP contribution in [0, 0.1) is 6.92 Å². The zero-order valence-corrected chi connectivity index (χ0v) is 18.2. The number of nitrogens with one attached hydrogen (secondary N) is 1. The number of halogens is 1. The Balaban J connectivity index is 2.20. The first-order valence-electron chi connectivity index (χ1n) is 9.11. The van der Waals surface area contributed by atoms with E-state index in [-0.39, 0.29) is 17.6 Å². The second-order valence-corrected chi connectivity index (χ2v) is 8.18. The van der Waals surface area contributed by atoms with E-state index < -0.39 is 0 Å². The quantitative estimate of drug-likeness (QED) is 0.683. The van der Waals surface area contributed by atoms with Crippen LogP contribution in [-0.2, 0) is 10.3 Å². The van der Waals surface area contributed by atoms with Gasteiger partial charge in [0.05, 0.1) is 29.5 Å². The van der Waals surface area contributed by atoms with Crippen LogP contribution in [0.2, 0.25) is 5.02 Å². The summed E-state index contributed by atoms with van der Waals surface area (Å²) in [5.74, 6) is 1.40. The zero-order chi connectivity index (χ0) is 21.1. The molecule has 2 aromatic rings. The summed E-state index contributed by atoms with van der Waals surface area (Å²) in [4.78, 5) is 12.4. The summed E-state index contributed by atoms with van der Waals surface area (Å²) in [5.41, 5.74) is 1.33. The molecule has 0 saturated heterocycles. The minimum atomic E-state index is -0.261. The number of hydrogen-bond donors (Lipinski definition) is 1. The maximum absolute atomic E-state index is 12.4. The van der Waals surface area contributed by atoms with E-state index in [4.69, 9.17) is 21.1 Å². The number of hydrogen-bond acceptors (Lipinski definition) is 4. The molecule has 0 saturated carbocycles. The molecule has 2 rings (SSSR count). The Morgan fingerprint density at radius 1 is 1.29 bits per heavy atom. The van der Waals surface area contributed by atoms with E-state index in [1.807, 2.05) is 47.6 Å². The van der Waals surface area contributed by atoms with E-state index in [0.29, 0.717) is 22.3 Å². The van der Waals surface area contributed by atoms with Gasteiger partial charge < -0.3 is 14.8 Å². The van der Waals surface area contributed by atoms with Crippen LogP contribution in [0.5, 0.6) is 11.5 Å². The van der Waals surface area contributed by atoms with Gasteiger partial charge in [0.2, 0.25) is 5.91 Å². The van der Waals surface area contributed by atoms with Crippen molar-refractivity contribution in [2.24, 2.45) is 0 Å². The first kappa shape index (κ1) is 21.8. The average molecular weight is 406 g/mol. The fourth-order valence-electron chi connectivity index (χ4n) is 2.63. The average Bonchev–Trinajstić information content (AvgIpc) is 2.95. The molecule has 1 aromatic carbocycles. The molecule has 1 amide bonds. The predicted octanol–water partition coefficient (Wildman–Crippen LogP) is 5.05. The third-order valence-corrected chi connectivity index (χ3v) is 4.03. The molecule has 7 heteroatoms. The largest absolute Gasteiger partial charge is 0.493 e. The first-order chi connectivity index (χ1) is 13.0. The topological polar surface area (TPSA) is 65.4 Å². The van der Waals surface area contributed by atoms with Gasteiger partial charge in [0.15, 0.2) is 11.5 Å². The van der Waals surface area contributed by atoms with Gasteiger partial charge in [-0.25, -0.2) is 4.68 Å². The number of benzene rings is 1. The Morgan fingerprint density at radius 2 is 1.96 bits per heavy atom. The van der Waals surface area contributed by atoms with E-state index in [2.05, 4.69) is 10.4 Å². The van der Waals surface area contributed by atoms with Crippen molar-refractivity contribution in [1.29, 1.82) is 0 Å². The molecule has 0 bridgehead atoms. The van der Waals surface area contributed by atoms with E-state index in [1.165, 1.54) is 6.08 Å². The molecule has 0 aliphatic carbocycles. The van der Waals surface area contributed by atoms with E-state index in [1.54, 1.807) is 30.0 Å². The molecule has 0 fully saturated rings. The SMILES string of the molecule is COc1cc(/C=C/C(=O)Nc2cc(C)nn2C(C)(C)C)cc(Cl)c1OC(C)C. The molecule has 0 aliphatic heterocycles. The van der Waals surface area contributed by atoms with Crippen molar-refractivity contribution >= 4 is 29.4 Å². The van der Waals surface area contributed by atoms with Crippen LogP contribution in [0.15, 0.2) is 24.3 Å². The van der Waals surface area contributed by atoms with Crippen LogP contribution in [0.3, 0.4) is 0 Å². The number of amides is 1. The highest BCUT2D eigenvalue weighted by Crippen LogP contribution is 2.37. The van der Waals surface area contributed by atoms with Crippen LogP contribution < -0.4 is 14.8 Å². The molecule has 1 heterocycles. The van der Waals surface area contributed by atoms with Crippen molar-refractivity contribution in [2.75, 3.05) is 12.4 Å². The summed E-state index contributed by atoms with van der Waals surface area (Å²) < 4.78 is 12.9. The smallest absolute Gasteiger partial charge is 0.249 e. The number of rotatable bonds is 6. The van der Waals surface area contributed by atoms with Crippen LogP contribution >= 0.6 is 11.6 Å². The van der Waals surface area contributed by atoms with Crippen molar-refractivity contribution in [3.63, 3.8) is 0 Å². The van der Waals surface area contributed by atoms with E-state index >= 15 is 0 Å². The van der Waals surface area contributed by atoms with Gasteiger partial charge in [0, 0.05) is 12.1 Å². The van der Waals surface area contributed by atoms with Gasteiger partial charge in [-0.3, -0.25) is 4.79 Å². The fourth-order valence-corrected chi connectivity index (χ4v) is 2.89. The molecule has 1 N–H and O–H groups in total. The van der Waals surface area contributed by atoms with Crippen molar-refractivity contribution < 1.29 is 14.3 Å². The lowest BCUT2D eigenvalue weighted by Gasteiger charge is -2.22. The summed E-state index contributed by atoms with van der Waals surface area (Å²) in [6.07, 6.45) is 3.09. The Bertz CT molecular complexity index is 880. The minimum Gasteiger partial charge on any atom is -0.493 e. The number of carbonyl (C=O) groups is 1. The predicted molar refractivity (Wildman–Crippen MR) is 113 cm³/mol. The van der Waals surface area contributed by atoms with Gasteiger partial charge in [0.1, 0.15) is 5.82 Å². The Hall–Kier alpha value is -2.47. The van der Waals surface area contributed by atoms with Crippen LogP contribution in [0.1, 0.15) is 45.9 Å². The molecule has 0 atom stereocenters. The molecule has 0 radical (unpaired) electrons. The monoisotopic (exact) mass is 405 g/mol. The normalized spacial score (nSPS) is 11.9. The molecular formula is C21H28ClN3O3. The summed E-state index contributed by atoms with van der Waals surface area (Å²) >= 11 is 6.33. The third-order valence-electron chi connectivity index (χ3n) is 3.75. The summed E-state index contributed by atoms with van der Waals surface area (Å²) in [6.45, 7) is 11.8. The van der Waals surface area contributed by atoms with E-state index in [0.717, 1.165) is 11.3 Å². The van der Waals surface area contributed by atoms with Crippen molar-refractivity contribution in [3.8, 4) is 11.5 Å². The van der Waals surface area contributed by atoms with Gasteiger partial charge >= 0.3 is 0 Å². The van der Waals surface area contributed by atoms with Gasteiger partial charge in [0.25, 0.3) is 0 Å². The molecule has 6 nitrogen and oxygen atoms in total. The molecule has 1 aromatic heterocycles. The van der Waals surface area contributed by atoms with Gasteiger partial charge in [-0.05, 0) is 65.3 Å². The molecule has 0 spiro atoms. The summed E-state index contributed by atoms with van der Waals surface area (Å²) in [5, 5.41) is 7.75. The van der Waals surface area contributed by atoms with Crippen molar-refractivity contribution in [3.05, 3.63) is 40.6 Å². The molecular weight excluding hydrogens is 378 g/mol. The lowest BCUT2D eigenvalue weighted by atomic mass is 10.1. The number of aromatic nitrogens is 2. The highest BCUT2D eigenvalue weighted by Gasteiger charge is 2.19. The second-order valence-electron chi connectivity index (χ2n) is 7.78. The highest BCUT2D eigenvalue weighted by molar-refractivity contribution is 6.32. The van der Waals surface area contributed by atoms with Gasteiger partial charge in [-0.2, -0.15) is 5.10 Å². The highest BCUT2D eigenvalue weighted by atomic mass is 35.5. The molecule has 0 aliphatic rings. The van der Waals surface area contributed by atoms with Gasteiger partial charge in [-0.15, -0.1) is 0 Å². The van der Waals surface area contributed by atoms with Gasteiger partial charge in [-0.1, -0.05) is 11.6 Å². The molecule has 28 heavy (non-hydrogen) atoms. The van der Waals surface area contributed by atoms with Crippen molar-refractivity contribution in [1.82, 2.24) is 9.78 Å². The molecule has 0 unspecified atom stereocenters. The van der Waals surface area contributed by atoms with Crippen LogP contribution in [0.4, 0.5) is 5.82 Å². The number of ether oxygens (including phenoxy) is 2. The maximum Gasteiger partial charge on any atom is 0.249 e. The summed E-state index contributed by atoms with van der Waals surface area (Å²) in [6, 6.07) is 5.35.